The van der Waals surface area contributed by atoms with Crippen molar-refractivity contribution in [2.75, 3.05) is 6.54 Å². The van der Waals surface area contributed by atoms with E-state index >= 15 is 0 Å². The largest absolute Gasteiger partial charge is 0.460 e. The van der Waals surface area contributed by atoms with Crippen molar-refractivity contribution in [2.24, 2.45) is 0 Å². The standard InChI is InChI=1S/C12H16N2O2.ClH/c15-12(11-7-4-8-13-14-11)16-9-10-5-2-1-3-6-10;/h1-3,5-6,11,13-14H,4,7-9H2;1H/t11-;/m0./s1. The molecule has 17 heavy (non-hydrogen) atoms. The molecule has 1 atom stereocenters. The molecule has 0 unspecified atom stereocenters. The summed E-state index contributed by atoms with van der Waals surface area (Å²) in [5, 5.41) is 0. The van der Waals surface area contributed by atoms with Crippen molar-refractivity contribution < 1.29 is 9.53 Å². The first-order valence-corrected chi connectivity index (χ1v) is 5.55. The molecule has 2 rings (SSSR count). The van der Waals surface area contributed by atoms with Crippen molar-refractivity contribution in [2.45, 2.75) is 25.5 Å². The second-order valence-electron chi connectivity index (χ2n) is 3.86. The SMILES string of the molecule is Cl.O=C(OCc1ccccc1)[C@@H]1CCCNN1. The number of hydrogen-bond acceptors (Lipinski definition) is 4. The van der Waals surface area contributed by atoms with Crippen LogP contribution in [0.15, 0.2) is 30.3 Å². The Kier molecular flexibility index (Phi) is 5.97. The molecule has 2 N–H and O–H groups in total. The van der Waals surface area contributed by atoms with Gasteiger partial charge in [-0.1, -0.05) is 30.3 Å². The van der Waals surface area contributed by atoms with Crippen LogP contribution in [0, 0.1) is 0 Å². The van der Waals surface area contributed by atoms with Gasteiger partial charge in [0.05, 0.1) is 0 Å². The molecule has 94 valence electrons. The maximum atomic E-state index is 11.6. The molecule has 0 amide bonds. The Morgan fingerprint density at radius 3 is 2.76 bits per heavy atom. The molecule has 0 radical (unpaired) electrons. The average molecular weight is 257 g/mol. The van der Waals surface area contributed by atoms with Gasteiger partial charge in [-0.25, -0.2) is 5.43 Å². The highest BCUT2D eigenvalue weighted by Gasteiger charge is 2.21. The summed E-state index contributed by atoms with van der Waals surface area (Å²) in [6, 6.07) is 9.49. The fourth-order valence-corrected chi connectivity index (χ4v) is 1.67. The van der Waals surface area contributed by atoms with Crippen LogP contribution in [-0.2, 0) is 16.1 Å². The van der Waals surface area contributed by atoms with Gasteiger partial charge in [-0.3, -0.25) is 10.2 Å². The number of nitrogens with one attached hydrogen (secondary N) is 2. The van der Waals surface area contributed by atoms with Crippen molar-refractivity contribution in [1.29, 1.82) is 0 Å². The van der Waals surface area contributed by atoms with Gasteiger partial charge in [0.1, 0.15) is 12.6 Å². The van der Waals surface area contributed by atoms with Crippen LogP contribution in [0.5, 0.6) is 0 Å². The Morgan fingerprint density at radius 2 is 2.12 bits per heavy atom. The second-order valence-corrected chi connectivity index (χ2v) is 3.86. The van der Waals surface area contributed by atoms with Crippen molar-refractivity contribution in [3.05, 3.63) is 35.9 Å². The van der Waals surface area contributed by atoms with Crippen molar-refractivity contribution in [1.82, 2.24) is 10.9 Å². The number of halogens is 1. The van der Waals surface area contributed by atoms with E-state index in [0.29, 0.717) is 6.61 Å². The Morgan fingerprint density at radius 1 is 1.35 bits per heavy atom. The molecule has 0 bridgehead atoms. The van der Waals surface area contributed by atoms with Crippen molar-refractivity contribution in [3.8, 4) is 0 Å². The predicted molar refractivity (Wildman–Crippen MR) is 67.6 cm³/mol. The molecular weight excluding hydrogens is 240 g/mol. The topological polar surface area (TPSA) is 50.4 Å². The van der Waals surface area contributed by atoms with Gasteiger partial charge in [0.2, 0.25) is 0 Å². The lowest BCUT2D eigenvalue weighted by atomic mass is 10.1. The summed E-state index contributed by atoms with van der Waals surface area (Å²) in [5.74, 6) is -0.184. The van der Waals surface area contributed by atoms with Crippen LogP contribution in [-0.4, -0.2) is 18.6 Å². The Labute approximate surface area is 107 Å². The molecule has 1 aromatic carbocycles. The zero-order valence-corrected chi connectivity index (χ0v) is 10.3. The molecule has 1 heterocycles. The Bertz CT molecular complexity index is 340. The molecule has 0 spiro atoms. The van der Waals surface area contributed by atoms with Gasteiger partial charge < -0.3 is 4.74 Å². The first-order chi connectivity index (χ1) is 7.86. The van der Waals surface area contributed by atoms with Gasteiger partial charge in [-0.2, -0.15) is 0 Å². The van der Waals surface area contributed by atoms with Gasteiger partial charge in [0.25, 0.3) is 0 Å². The molecular formula is C12H17ClN2O2. The van der Waals surface area contributed by atoms with Crippen LogP contribution in [0.1, 0.15) is 18.4 Å². The predicted octanol–water partition coefficient (Wildman–Crippen LogP) is 1.41. The fraction of sp³-hybridized carbons (Fsp3) is 0.417. The number of hydrogen-bond donors (Lipinski definition) is 2. The molecule has 1 fully saturated rings. The lowest BCUT2D eigenvalue weighted by molar-refractivity contribution is -0.148. The summed E-state index contributed by atoms with van der Waals surface area (Å²) in [7, 11) is 0. The van der Waals surface area contributed by atoms with Crippen LogP contribution in [0.2, 0.25) is 0 Å². The lowest BCUT2D eigenvalue weighted by Gasteiger charge is -2.22. The minimum absolute atomic E-state index is 0. The van der Waals surface area contributed by atoms with Crippen molar-refractivity contribution in [3.63, 3.8) is 0 Å². The second kappa shape index (κ2) is 7.27. The van der Waals surface area contributed by atoms with E-state index in [-0.39, 0.29) is 24.4 Å². The maximum Gasteiger partial charge on any atom is 0.324 e. The summed E-state index contributed by atoms with van der Waals surface area (Å²) < 4.78 is 5.23. The van der Waals surface area contributed by atoms with E-state index in [1.165, 1.54) is 0 Å². The third-order valence-corrected chi connectivity index (χ3v) is 2.58. The molecule has 4 nitrogen and oxygen atoms in total. The zero-order chi connectivity index (χ0) is 11.2. The highest BCUT2D eigenvalue weighted by molar-refractivity contribution is 5.85. The molecule has 1 aliphatic rings. The normalized spacial score (nSPS) is 19.2. The van der Waals surface area contributed by atoms with Crippen LogP contribution in [0.4, 0.5) is 0 Å². The zero-order valence-electron chi connectivity index (χ0n) is 9.52. The van der Waals surface area contributed by atoms with E-state index in [1.54, 1.807) is 0 Å². The number of esters is 1. The van der Waals surface area contributed by atoms with E-state index in [2.05, 4.69) is 10.9 Å². The van der Waals surface area contributed by atoms with Gasteiger partial charge in [-0.15, -0.1) is 12.4 Å². The first kappa shape index (κ1) is 14.0. The van der Waals surface area contributed by atoms with Gasteiger partial charge in [-0.05, 0) is 18.4 Å². The number of carbonyl (C=O) groups excluding carboxylic acids is 1. The maximum absolute atomic E-state index is 11.6. The smallest absolute Gasteiger partial charge is 0.324 e. The summed E-state index contributed by atoms with van der Waals surface area (Å²) in [5.41, 5.74) is 6.91. The minimum atomic E-state index is -0.211. The summed E-state index contributed by atoms with van der Waals surface area (Å²) in [4.78, 5) is 11.6. The molecule has 5 heteroatoms. The lowest BCUT2D eigenvalue weighted by Crippen LogP contribution is -2.50. The monoisotopic (exact) mass is 256 g/mol. The molecule has 1 aromatic rings. The first-order valence-electron chi connectivity index (χ1n) is 5.55. The van der Waals surface area contributed by atoms with E-state index in [4.69, 9.17) is 4.74 Å². The molecule has 1 aliphatic heterocycles. The quantitative estimate of drug-likeness (QED) is 0.803. The van der Waals surface area contributed by atoms with Gasteiger partial charge in [0.15, 0.2) is 0 Å². The number of benzene rings is 1. The molecule has 0 aliphatic carbocycles. The summed E-state index contributed by atoms with van der Waals surface area (Å²) in [6.45, 7) is 1.25. The van der Waals surface area contributed by atoms with Crippen LogP contribution in [0.3, 0.4) is 0 Å². The van der Waals surface area contributed by atoms with E-state index in [9.17, 15) is 4.79 Å². The number of carbonyl (C=O) groups is 1. The van der Waals surface area contributed by atoms with Crippen LogP contribution in [0.25, 0.3) is 0 Å². The average Bonchev–Trinajstić information content (AvgIpc) is 2.38. The summed E-state index contributed by atoms with van der Waals surface area (Å²) in [6.07, 6.45) is 1.83. The third-order valence-electron chi connectivity index (χ3n) is 2.58. The van der Waals surface area contributed by atoms with Gasteiger partial charge >= 0.3 is 5.97 Å². The number of hydrazine groups is 1. The van der Waals surface area contributed by atoms with Crippen LogP contribution < -0.4 is 10.9 Å². The number of ether oxygens (including phenoxy) is 1. The molecule has 0 saturated carbocycles. The highest BCUT2D eigenvalue weighted by Crippen LogP contribution is 2.06. The third kappa shape index (κ3) is 4.34. The van der Waals surface area contributed by atoms with E-state index in [0.717, 1.165) is 24.9 Å². The Balaban J connectivity index is 0.00000144. The van der Waals surface area contributed by atoms with E-state index < -0.39 is 0 Å². The minimum Gasteiger partial charge on any atom is -0.460 e. The van der Waals surface area contributed by atoms with Crippen molar-refractivity contribution >= 4 is 18.4 Å². The highest BCUT2D eigenvalue weighted by atomic mass is 35.5. The number of rotatable bonds is 3. The molecule has 1 saturated heterocycles. The Hall–Kier alpha value is -1.10. The van der Waals surface area contributed by atoms with E-state index in [1.807, 2.05) is 30.3 Å². The fourth-order valence-electron chi connectivity index (χ4n) is 1.67. The van der Waals surface area contributed by atoms with Crippen LogP contribution >= 0.6 is 12.4 Å². The van der Waals surface area contributed by atoms with Gasteiger partial charge in [0, 0.05) is 6.54 Å². The molecule has 0 aromatic heterocycles. The summed E-state index contributed by atoms with van der Waals surface area (Å²) >= 11 is 0.